The Morgan fingerprint density at radius 1 is 0.800 bits per heavy atom. The van der Waals surface area contributed by atoms with E-state index in [-0.39, 0.29) is 5.41 Å². The topological polar surface area (TPSA) is 27.7 Å². The van der Waals surface area contributed by atoms with Crippen LogP contribution in [-0.4, -0.2) is 30.1 Å². The van der Waals surface area contributed by atoms with Gasteiger partial charge in [0.05, 0.1) is 0 Å². The van der Waals surface area contributed by atoms with Gasteiger partial charge < -0.3 is 13.3 Å². The molecule has 0 aliphatic heterocycles. The Hall–Kier alpha value is -1.50. The third kappa shape index (κ3) is 2.73. The molecule has 2 aliphatic rings. The third-order valence-electron chi connectivity index (χ3n) is 7.17. The van der Waals surface area contributed by atoms with Gasteiger partial charge in [0.2, 0.25) is 0 Å². The summed E-state index contributed by atoms with van der Waals surface area (Å²) in [6, 6.07) is 17.8. The van der Waals surface area contributed by atoms with Gasteiger partial charge in [0.25, 0.3) is 0 Å². The van der Waals surface area contributed by atoms with E-state index in [1.54, 1.807) is 21.3 Å². The summed E-state index contributed by atoms with van der Waals surface area (Å²) < 4.78 is 19.0. The van der Waals surface area contributed by atoms with Gasteiger partial charge in [-0.3, -0.25) is 0 Å². The van der Waals surface area contributed by atoms with Crippen LogP contribution in [0.25, 0.3) is 21.9 Å². The second-order valence-corrected chi connectivity index (χ2v) is 12.2. The number of hydrogen-bond acceptors (Lipinski definition) is 3. The largest absolute Gasteiger partial charge is 0.537 e. The molecule has 5 rings (SSSR count). The summed E-state index contributed by atoms with van der Waals surface area (Å²) in [4.78, 5) is 0. The molecule has 0 heterocycles. The van der Waals surface area contributed by atoms with E-state index in [1.807, 2.05) is 0 Å². The molecule has 3 nitrogen and oxygen atoms in total. The van der Waals surface area contributed by atoms with Crippen molar-refractivity contribution in [1.82, 2.24) is 0 Å². The van der Waals surface area contributed by atoms with Crippen LogP contribution in [0, 0.1) is 0 Å². The van der Waals surface area contributed by atoms with Crippen LogP contribution >= 0.6 is 15.9 Å². The standard InChI is InChI=1S/C25H27BrO3Si/c1-27-30(28-2,29-3)23-16-22-24(19-10-6-5-9-18(19)23)20-12-11-17(26)15-21(20)25(22)13-7-4-8-14-25/h5-6,9-12,15-16H,4,7-8,13-14H2,1-3H3. The van der Waals surface area contributed by atoms with Crippen molar-refractivity contribution < 1.29 is 13.3 Å². The number of hydrogen-bond donors (Lipinski definition) is 0. The van der Waals surface area contributed by atoms with Crippen molar-refractivity contribution in [2.45, 2.75) is 37.5 Å². The van der Waals surface area contributed by atoms with Crippen LogP contribution in [0.1, 0.15) is 43.2 Å². The molecule has 5 heteroatoms. The van der Waals surface area contributed by atoms with Crippen molar-refractivity contribution in [3.63, 3.8) is 0 Å². The highest BCUT2D eigenvalue weighted by atomic mass is 79.9. The lowest BCUT2D eigenvalue weighted by Gasteiger charge is -2.37. The molecule has 1 saturated carbocycles. The van der Waals surface area contributed by atoms with Crippen LogP contribution in [-0.2, 0) is 18.7 Å². The predicted octanol–water partition coefficient (Wildman–Crippen LogP) is 5.92. The molecule has 30 heavy (non-hydrogen) atoms. The molecule has 0 radical (unpaired) electrons. The zero-order valence-corrected chi connectivity index (χ0v) is 20.3. The minimum absolute atomic E-state index is 0.0564. The van der Waals surface area contributed by atoms with Crippen molar-refractivity contribution in [1.29, 1.82) is 0 Å². The molecule has 0 N–H and O–H groups in total. The normalized spacial score (nSPS) is 17.3. The molecule has 3 aromatic rings. The van der Waals surface area contributed by atoms with Gasteiger partial charge in [-0.25, -0.2) is 0 Å². The van der Waals surface area contributed by atoms with Crippen LogP contribution in [0.5, 0.6) is 0 Å². The Kier molecular flexibility index (Phi) is 5.15. The Morgan fingerprint density at radius 3 is 2.13 bits per heavy atom. The predicted molar refractivity (Wildman–Crippen MR) is 127 cm³/mol. The molecular weight excluding hydrogens is 456 g/mol. The maximum Gasteiger partial charge on any atom is 0.537 e. The lowest BCUT2D eigenvalue weighted by molar-refractivity contribution is 0.140. The Bertz CT molecular complexity index is 1110. The first-order valence-electron chi connectivity index (χ1n) is 10.6. The summed E-state index contributed by atoms with van der Waals surface area (Å²) in [7, 11) is 2.09. The van der Waals surface area contributed by atoms with Gasteiger partial charge in [0.15, 0.2) is 0 Å². The fourth-order valence-corrected chi connectivity index (χ4v) is 8.24. The molecule has 0 unspecified atom stereocenters. The summed E-state index contributed by atoms with van der Waals surface area (Å²) in [6.45, 7) is 0. The molecule has 1 spiro atoms. The maximum absolute atomic E-state index is 5.95. The quantitative estimate of drug-likeness (QED) is 0.432. The molecular formula is C25H27BrO3Si. The third-order valence-corrected chi connectivity index (χ3v) is 10.3. The van der Waals surface area contributed by atoms with Crippen LogP contribution in [0.15, 0.2) is 53.0 Å². The summed E-state index contributed by atoms with van der Waals surface area (Å²) in [5, 5.41) is 3.50. The molecule has 0 aromatic heterocycles. The second kappa shape index (κ2) is 7.57. The summed E-state index contributed by atoms with van der Waals surface area (Å²) in [5.74, 6) is 0. The Labute approximate surface area is 187 Å². The highest BCUT2D eigenvalue weighted by Crippen LogP contribution is 2.57. The maximum atomic E-state index is 5.95. The second-order valence-electron chi connectivity index (χ2n) is 8.39. The van der Waals surface area contributed by atoms with Crippen LogP contribution in [0.4, 0.5) is 0 Å². The van der Waals surface area contributed by atoms with E-state index in [9.17, 15) is 0 Å². The molecule has 3 aromatic carbocycles. The smallest absolute Gasteiger partial charge is 0.373 e. The average molecular weight is 483 g/mol. The lowest BCUT2D eigenvalue weighted by Crippen LogP contribution is -2.55. The van der Waals surface area contributed by atoms with Gasteiger partial charge >= 0.3 is 8.80 Å². The molecule has 0 amide bonds. The van der Waals surface area contributed by atoms with Crippen molar-refractivity contribution in [2.24, 2.45) is 0 Å². The Morgan fingerprint density at radius 2 is 1.47 bits per heavy atom. The first-order valence-corrected chi connectivity index (χ1v) is 13.1. The van der Waals surface area contributed by atoms with Gasteiger partial charge in [0, 0.05) is 36.4 Å². The number of rotatable bonds is 4. The summed E-state index contributed by atoms with van der Waals surface area (Å²) >= 11 is 3.74. The van der Waals surface area contributed by atoms with Gasteiger partial charge in [-0.05, 0) is 58.0 Å². The van der Waals surface area contributed by atoms with E-state index in [2.05, 4.69) is 64.5 Å². The van der Waals surface area contributed by atoms with E-state index in [0.29, 0.717) is 0 Å². The van der Waals surface area contributed by atoms with Crippen LogP contribution < -0.4 is 5.19 Å². The van der Waals surface area contributed by atoms with E-state index in [4.69, 9.17) is 13.3 Å². The lowest BCUT2D eigenvalue weighted by atomic mass is 9.68. The highest BCUT2D eigenvalue weighted by Gasteiger charge is 2.48. The first kappa shape index (κ1) is 20.4. The molecule has 1 fully saturated rings. The zero-order valence-electron chi connectivity index (χ0n) is 17.8. The minimum Gasteiger partial charge on any atom is -0.373 e. The molecule has 2 aliphatic carbocycles. The molecule has 156 valence electrons. The Balaban J connectivity index is 1.91. The first-order chi connectivity index (χ1) is 14.6. The number of halogens is 1. The van der Waals surface area contributed by atoms with Crippen molar-refractivity contribution >= 4 is 40.7 Å². The monoisotopic (exact) mass is 482 g/mol. The minimum atomic E-state index is -3.00. The van der Waals surface area contributed by atoms with Gasteiger partial charge in [-0.15, -0.1) is 0 Å². The van der Waals surface area contributed by atoms with E-state index in [1.165, 1.54) is 59.7 Å². The van der Waals surface area contributed by atoms with Gasteiger partial charge in [-0.1, -0.05) is 71.6 Å². The van der Waals surface area contributed by atoms with Crippen molar-refractivity contribution in [3.05, 3.63) is 64.1 Å². The van der Waals surface area contributed by atoms with Crippen LogP contribution in [0.2, 0.25) is 0 Å². The summed E-state index contributed by atoms with van der Waals surface area (Å²) in [5.41, 5.74) is 5.70. The molecule has 0 bridgehead atoms. The summed E-state index contributed by atoms with van der Waals surface area (Å²) in [6.07, 6.45) is 6.20. The highest BCUT2D eigenvalue weighted by molar-refractivity contribution is 9.10. The molecule has 0 atom stereocenters. The van der Waals surface area contributed by atoms with Crippen molar-refractivity contribution in [2.75, 3.05) is 21.3 Å². The zero-order chi connectivity index (χ0) is 20.9. The van der Waals surface area contributed by atoms with E-state index >= 15 is 0 Å². The average Bonchev–Trinajstić information content (AvgIpc) is 3.05. The number of benzene rings is 3. The van der Waals surface area contributed by atoms with E-state index in [0.717, 1.165) is 15.0 Å². The van der Waals surface area contributed by atoms with Crippen molar-refractivity contribution in [3.8, 4) is 11.1 Å². The fourth-order valence-electron chi connectivity index (χ4n) is 5.85. The number of fused-ring (bicyclic) bond motifs is 7. The fraction of sp³-hybridized carbons (Fsp3) is 0.360. The van der Waals surface area contributed by atoms with E-state index < -0.39 is 8.80 Å². The van der Waals surface area contributed by atoms with Gasteiger partial charge in [0.1, 0.15) is 0 Å². The van der Waals surface area contributed by atoms with Gasteiger partial charge in [-0.2, -0.15) is 0 Å². The molecule has 0 saturated heterocycles. The van der Waals surface area contributed by atoms with Crippen LogP contribution in [0.3, 0.4) is 0 Å². The SMILES string of the molecule is CO[Si](OC)(OC)c1cc2c(c3ccccc13)-c1ccc(Br)cc1C21CCCCC1.